The van der Waals surface area contributed by atoms with Gasteiger partial charge in [-0.2, -0.15) is 0 Å². The quantitative estimate of drug-likeness (QED) is 0.326. The molecule has 1 N–H and O–H groups in total. The van der Waals surface area contributed by atoms with Gasteiger partial charge in [0, 0.05) is 26.3 Å². The minimum absolute atomic E-state index is 0. The summed E-state index contributed by atoms with van der Waals surface area (Å²) in [6.45, 7) is 3.50. The molecule has 0 fully saturated rings. The smallest absolute Gasteiger partial charge is 0.194 e. The van der Waals surface area contributed by atoms with Crippen LogP contribution in [0.4, 0.5) is 0 Å². The lowest BCUT2D eigenvalue weighted by molar-refractivity contribution is 0.475. The number of halogens is 1. The summed E-state index contributed by atoms with van der Waals surface area (Å²) in [5, 5.41) is 11.7. The SMILES string of the molecule is CCc1ccc(CN(C)C(=NC)NCc2nncn2-c2ccccc2)cc1.I. The molecular formula is C21H27IN6. The van der Waals surface area contributed by atoms with E-state index in [4.69, 9.17) is 0 Å². The first-order valence-corrected chi connectivity index (χ1v) is 9.15. The highest BCUT2D eigenvalue weighted by molar-refractivity contribution is 14.0. The molecule has 0 amide bonds. The molecule has 28 heavy (non-hydrogen) atoms. The molecule has 2 aromatic carbocycles. The van der Waals surface area contributed by atoms with Gasteiger partial charge >= 0.3 is 0 Å². The number of benzene rings is 2. The van der Waals surface area contributed by atoms with E-state index < -0.39 is 0 Å². The standard InChI is InChI=1S/C21H26N6.HI/c1-4-17-10-12-18(13-11-17)15-26(3)21(22-2)23-14-20-25-24-16-27(20)19-8-6-5-7-9-19;/h5-13,16H,4,14-15H2,1-3H3,(H,22,23);1H. The molecule has 0 saturated carbocycles. The number of rotatable bonds is 6. The molecule has 0 unspecified atom stereocenters. The van der Waals surface area contributed by atoms with Crippen LogP contribution in [0.25, 0.3) is 5.69 Å². The van der Waals surface area contributed by atoms with Crippen LogP contribution in [0, 0.1) is 0 Å². The first-order valence-electron chi connectivity index (χ1n) is 9.15. The number of guanidine groups is 1. The molecule has 0 spiro atoms. The van der Waals surface area contributed by atoms with Crippen LogP contribution in [0.15, 0.2) is 65.9 Å². The second kappa shape index (κ2) is 10.8. The van der Waals surface area contributed by atoms with Crippen LogP contribution >= 0.6 is 24.0 Å². The van der Waals surface area contributed by atoms with Crippen molar-refractivity contribution in [3.8, 4) is 5.69 Å². The number of hydrogen-bond donors (Lipinski definition) is 1. The van der Waals surface area contributed by atoms with Crippen molar-refractivity contribution in [2.75, 3.05) is 14.1 Å². The zero-order valence-electron chi connectivity index (χ0n) is 16.5. The van der Waals surface area contributed by atoms with E-state index >= 15 is 0 Å². The summed E-state index contributed by atoms with van der Waals surface area (Å²) in [6.07, 6.45) is 2.79. The van der Waals surface area contributed by atoms with Crippen molar-refractivity contribution in [2.24, 2.45) is 4.99 Å². The highest BCUT2D eigenvalue weighted by Gasteiger charge is 2.10. The molecule has 3 rings (SSSR count). The summed E-state index contributed by atoms with van der Waals surface area (Å²) in [7, 11) is 3.83. The van der Waals surface area contributed by atoms with Crippen molar-refractivity contribution in [2.45, 2.75) is 26.4 Å². The molecule has 6 nitrogen and oxygen atoms in total. The maximum atomic E-state index is 4.39. The van der Waals surface area contributed by atoms with Gasteiger partial charge in [-0.15, -0.1) is 34.2 Å². The van der Waals surface area contributed by atoms with Crippen molar-refractivity contribution < 1.29 is 0 Å². The molecule has 0 aliphatic carbocycles. The topological polar surface area (TPSA) is 58.3 Å². The Balaban J connectivity index is 0.00000280. The van der Waals surface area contributed by atoms with E-state index in [1.807, 2.05) is 41.9 Å². The first-order chi connectivity index (χ1) is 13.2. The molecule has 0 aliphatic heterocycles. The van der Waals surface area contributed by atoms with Gasteiger partial charge in [-0.25, -0.2) is 0 Å². The molecule has 0 atom stereocenters. The van der Waals surface area contributed by atoms with E-state index in [-0.39, 0.29) is 24.0 Å². The summed E-state index contributed by atoms with van der Waals surface area (Å²) >= 11 is 0. The first kappa shape index (κ1) is 21.9. The van der Waals surface area contributed by atoms with Crippen LogP contribution in [0.5, 0.6) is 0 Å². The molecular weight excluding hydrogens is 463 g/mol. The van der Waals surface area contributed by atoms with Crippen molar-refractivity contribution in [3.05, 3.63) is 77.9 Å². The Kier molecular flexibility index (Phi) is 8.43. The number of para-hydroxylation sites is 1. The van der Waals surface area contributed by atoms with Crippen LogP contribution in [0.2, 0.25) is 0 Å². The van der Waals surface area contributed by atoms with E-state index in [0.717, 1.165) is 30.4 Å². The lowest BCUT2D eigenvalue weighted by Gasteiger charge is -2.22. The Hall–Kier alpha value is -2.42. The van der Waals surface area contributed by atoms with Gasteiger partial charge in [-0.3, -0.25) is 9.56 Å². The van der Waals surface area contributed by atoms with Crippen LogP contribution in [0.1, 0.15) is 23.9 Å². The van der Waals surface area contributed by atoms with Crippen LogP contribution in [-0.2, 0) is 19.5 Å². The third-order valence-electron chi connectivity index (χ3n) is 4.48. The summed E-state index contributed by atoms with van der Waals surface area (Å²) in [5.74, 6) is 1.65. The summed E-state index contributed by atoms with van der Waals surface area (Å²) in [5.41, 5.74) is 3.65. The minimum atomic E-state index is 0. The highest BCUT2D eigenvalue weighted by atomic mass is 127. The molecule has 7 heteroatoms. The van der Waals surface area contributed by atoms with Gasteiger partial charge < -0.3 is 10.2 Å². The van der Waals surface area contributed by atoms with Gasteiger partial charge in [0.1, 0.15) is 6.33 Å². The van der Waals surface area contributed by atoms with Crippen molar-refractivity contribution in [3.63, 3.8) is 0 Å². The maximum absolute atomic E-state index is 4.39. The monoisotopic (exact) mass is 490 g/mol. The number of nitrogens with one attached hydrogen (secondary N) is 1. The zero-order chi connectivity index (χ0) is 19.1. The van der Waals surface area contributed by atoms with E-state index in [9.17, 15) is 0 Å². The van der Waals surface area contributed by atoms with Crippen molar-refractivity contribution in [1.29, 1.82) is 0 Å². The van der Waals surface area contributed by atoms with Crippen LogP contribution < -0.4 is 5.32 Å². The Morgan fingerprint density at radius 3 is 2.39 bits per heavy atom. The largest absolute Gasteiger partial charge is 0.349 e. The Labute approximate surface area is 183 Å². The number of aryl methyl sites for hydroxylation is 1. The van der Waals surface area contributed by atoms with Crippen LogP contribution in [-0.4, -0.2) is 39.7 Å². The average Bonchev–Trinajstić information content (AvgIpc) is 3.18. The second-order valence-corrected chi connectivity index (χ2v) is 6.38. The average molecular weight is 490 g/mol. The van der Waals surface area contributed by atoms with Gasteiger partial charge in [0.05, 0.1) is 6.54 Å². The number of nitrogens with zero attached hydrogens (tertiary/aromatic N) is 5. The predicted octanol–water partition coefficient (Wildman–Crippen LogP) is 3.66. The lowest BCUT2D eigenvalue weighted by Crippen LogP contribution is -2.38. The molecule has 1 heterocycles. The fraction of sp³-hybridized carbons (Fsp3) is 0.286. The Bertz CT molecular complexity index is 873. The molecule has 148 valence electrons. The normalized spacial score (nSPS) is 11.0. The van der Waals surface area contributed by atoms with Crippen molar-refractivity contribution >= 4 is 29.9 Å². The van der Waals surface area contributed by atoms with Gasteiger partial charge in [0.25, 0.3) is 0 Å². The molecule has 0 aliphatic rings. The fourth-order valence-electron chi connectivity index (χ4n) is 2.96. The molecule has 3 aromatic rings. The molecule has 0 radical (unpaired) electrons. The third kappa shape index (κ3) is 5.54. The van der Waals surface area contributed by atoms with E-state index in [2.05, 4.69) is 56.6 Å². The Morgan fingerprint density at radius 2 is 1.75 bits per heavy atom. The van der Waals surface area contributed by atoms with Gasteiger partial charge in [-0.1, -0.05) is 49.4 Å². The third-order valence-corrected chi connectivity index (χ3v) is 4.48. The van der Waals surface area contributed by atoms with Crippen molar-refractivity contribution in [1.82, 2.24) is 25.0 Å². The zero-order valence-corrected chi connectivity index (χ0v) is 18.9. The van der Waals surface area contributed by atoms with E-state index in [0.29, 0.717) is 6.54 Å². The Morgan fingerprint density at radius 1 is 1.07 bits per heavy atom. The summed E-state index contributed by atoms with van der Waals surface area (Å²) < 4.78 is 1.98. The summed E-state index contributed by atoms with van der Waals surface area (Å²) in [4.78, 5) is 6.50. The van der Waals surface area contributed by atoms with Gasteiger partial charge in [-0.05, 0) is 29.7 Å². The predicted molar refractivity (Wildman–Crippen MR) is 124 cm³/mol. The number of aromatic nitrogens is 3. The highest BCUT2D eigenvalue weighted by Crippen LogP contribution is 2.10. The number of hydrogen-bond acceptors (Lipinski definition) is 3. The molecule has 1 aromatic heterocycles. The molecule has 0 saturated heterocycles. The minimum Gasteiger partial charge on any atom is -0.349 e. The van der Waals surface area contributed by atoms with E-state index in [1.54, 1.807) is 13.4 Å². The lowest BCUT2D eigenvalue weighted by atomic mass is 10.1. The van der Waals surface area contributed by atoms with E-state index in [1.165, 1.54) is 11.1 Å². The summed E-state index contributed by atoms with van der Waals surface area (Å²) in [6, 6.07) is 18.8. The maximum Gasteiger partial charge on any atom is 0.194 e. The number of aliphatic imine (C=N–C) groups is 1. The fourth-order valence-corrected chi connectivity index (χ4v) is 2.96. The van der Waals surface area contributed by atoms with Gasteiger partial charge in [0.2, 0.25) is 0 Å². The van der Waals surface area contributed by atoms with Gasteiger partial charge in [0.15, 0.2) is 11.8 Å². The van der Waals surface area contributed by atoms with Crippen LogP contribution in [0.3, 0.4) is 0 Å². The molecule has 0 bridgehead atoms. The second-order valence-electron chi connectivity index (χ2n) is 6.38.